The van der Waals surface area contributed by atoms with Gasteiger partial charge in [-0.25, -0.2) is 0 Å². The Bertz CT molecular complexity index is 681. The SMILES string of the molecule is C=C1NC(=S)N[C@H](c2ccc(C(C)(C)C)cc2)[C@H]1C(=O)OC(C)(C)C. The van der Waals surface area contributed by atoms with Gasteiger partial charge in [-0.1, -0.05) is 51.6 Å². The zero-order valence-corrected chi connectivity index (χ0v) is 16.7. The first kappa shape index (κ1) is 19.4. The Hall–Kier alpha value is -1.88. The quantitative estimate of drug-likeness (QED) is 0.617. The Morgan fingerprint density at radius 2 is 1.68 bits per heavy atom. The van der Waals surface area contributed by atoms with Gasteiger partial charge in [0.05, 0.1) is 6.04 Å². The molecule has 1 saturated heterocycles. The first-order valence-electron chi connectivity index (χ1n) is 8.48. The molecule has 1 aliphatic rings. The largest absolute Gasteiger partial charge is 0.459 e. The van der Waals surface area contributed by atoms with E-state index in [4.69, 9.17) is 17.0 Å². The molecule has 1 aromatic carbocycles. The van der Waals surface area contributed by atoms with Crippen LogP contribution in [0.3, 0.4) is 0 Å². The van der Waals surface area contributed by atoms with E-state index in [-0.39, 0.29) is 17.4 Å². The second-order valence-electron chi connectivity index (χ2n) is 8.48. The van der Waals surface area contributed by atoms with Crippen molar-refractivity contribution in [1.82, 2.24) is 10.6 Å². The summed E-state index contributed by atoms with van der Waals surface area (Å²) in [5.74, 6) is -0.865. The topological polar surface area (TPSA) is 50.4 Å². The van der Waals surface area contributed by atoms with Crippen molar-refractivity contribution in [2.75, 3.05) is 0 Å². The molecule has 2 N–H and O–H groups in total. The van der Waals surface area contributed by atoms with Crippen molar-refractivity contribution < 1.29 is 9.53 Å². The maximum atomic E-state index is 12.7. The van der Waals surface area contributed by atoms with Crippen LogP contribution in [0.15, 0.2) is 36.5 Å². The molecular weight excluding hydrogens is 332 g/mol. The van der Waals surface area contributed by atoms with Crippen LogP contribution in [-0.4, -0.2) is 16.7 Å². The minimum absolute atomic E-state index is 0.0730. The number of carbonyl (C=O) groups is 1. The lowest BCUT2D eigenvalue weighted by Crippen LogP contribution is -2.51. The van der Waals surface area contributed by atoms with E-state index in [1.54, 1.807) is 0 Å². The number of hydrogen-bond donors (Lipinski definition) is 2. The van der Waals surface area contributed by atoms with Gasteiger partial charge in [-0.15, -0.1) is 0 Å². The van der Waals surface area contributed by atoms with Gasteiger partial charge < -0.3 is 15.4 Å². The predicted octanol–water partition coefficient (Wildman–Crippen LogP) is 3.97. The van der Waals surface area contributed by atoms with Gasteiger partial charge in [0.1, 0.15) is 11.5 Å². The molecule has 25 heavy (non-hydrogen) atoms. The molecule has 1 aromatic rings. The van der Waals surface area contributed by atoms with Crippen molar-refractivity contribution in [1.29, 1.82) is 0 Å². The van der Waals surface area contributed by atoms with Gasteiger partial charge in [0.2, 0.25) is 0 Å². The van der Waals surface area contributed by atoms with Gasteiger partial charge >= 0.3 is 5.97 Å². The van der Waals surface area contributed by atoms with Crippen molar-refractivity contribution in [2.24, 2.45) is 5.92 Å². The van der Waals surface area contributed by atoms with Crippen LogP contribution in [0.1, 0.15) is 58.7 Å². The molecule has 136 valence electrons. The third-order valence-electron chi connectivity index (χ3n) is 4.07. The van der Waals surface area contributed by atoms with Crippen molar-refractivity contribution >= 4 is 23.3 Å². The van der Waals surface area contributed by atoms with Crippen LogP contribution in [0.4, 0.5) is 0 Å². The number of benzene rings is 1. The summed E-state index contributed by atoms with van der Waals surface area (Å²) < 4.78 is 5.59. The molecule has 5 heteroatoms. The zero-order valence-electron chi connectivity index (χ0n) is 15.9. The molecule has 1 fully saturated rings. The Morgan fingerprint density at radius 3 is 2.16 bits per heavy atom. The second-order valence-corrected chi connectivity index (χ2v) is 8.89. The molecule has 0 bridgehead atoms. The number of carbonyl (C=O) groups excluding carboxylic acids is 1. The summed E-state index contributed by atoms with van der Waals surface area (Å²) in [5.41, 5.74) is 2.29. The maximum Gasteiger partial charge on any atom is 0.317 e. The lowest BCUT2D eigenvalue weighted by Gasteiger charge is -2.36. The molecule has 0 radical (unpaired) electrons. The normalized spacial score (nSPS) is 21.4. The van der Waals surface area contributed by atoms with Crippen LogP contribution in [0.2, 0.25) is 0 Å². The fourth-order valence-electron chi connectivity index (χ4n) is 2.80. The van der Waals surface area contributed by atoms with Crippen LogP contribution in [0.5, 0.6) is 0 Å². The molecule has 0 aromatic heterocycles. The van der Waals surface area contributed by atoms with Crippen LogP contribution >= 0.6 is 12.2 Å². The molecule has 0 amide bonds. The van der Waals surface area contributed by atoms with E-state index in [1.807, 2.05) is 32.9 Å². The summed E-state index contributed by atoms with van der Waals surface area (Å²) in [6.07, 6.45) is 0. The molecule has 2 rings (SSSR count). The molecule has 0 unspecified atom stereocenters. The van der Waals surface area contributed by atoms with Gasteiger partial charge in [0.15, 0.2) is 5.11 Å². The summed E-state index contributed by atoms with van der Waals surface area (Å²) in [4.78, 5) is 12.7. The highest BCUT2D eigenvalue weighted by atomic mass is 32.1. The minimum Gasteiger partial charge on any atom is -0.459 e. The van der Waals surface area contributed by atoms with Gasteiger partial charge in [0, 0.05) is 5.70 Å². The number of thiocarbonyl (C=S) groups is 1. The summed E-state index contributed by atoms with van der Waals surface area (Å²) in [6.45, 7) is 16.1. The molecule has 1 heterocycles. The van der Waals surface area contributed by atoms with Crippen molar-refractivity contribution in [2.45, 2.75) is 58.6 Å². The van der Waals surface area contributed by atoms with E-state index in [0.717, 1.165) is 5.56 Å². The van der Waals surface area contributed by atoms with Gasteiger partial charge in [0.25, 0.3) is 0 Å². The Labute approximate surface area is 156 Å². The number of esters is 1. The number of hydrogen-bond acceptors (Lipinski definition) is 3. The first-order valence-corrected chi connectivity index (χ1v) is 8.89. The van der Waals surface area contributed by atoms with Crippen LogP contribution in [0.25, 0.3) is 0 Å². The Balaban J connectivity index is 2.35. The number of ether oxygens (including phenoxy) is 1. The van der Waals surface area contributed by atoms with E-state index >= 15 is 0 Å². The first-order chi connectivity index (χ1) is 11.4. The molecule has 0 spiro atoms. The highest BCUT2D eigenvalue weighted by Gasteiger charge is 2.39. The second kappa shape index (κ2) is 6.79. The smallest absolute Gasteiger partial charge is 0.317 e. The molecule has 0 saturated carbocycles. The average molecular weight is 361 g/mol. The number of rotatable bonds is 2. The summed E-state index contributed by atoms with van der Waals surface area (Å²) in [5, 5.41) is 6.62. The molecule has 1 aliphatic heterocycles. The van der Waals surface area contributed by atoms with E-state index in [1.165, 1.54) is 5.56 Å². The lowest BCUT2D eigenvalue weighted by atomic mass is 9.84. The van der Waals surface area contributed by atoms with E-state index in [9.17, 15) is 4.79 Å². The fraction of sp³-hybridized carbons (Fsp3) is 0.500. The third kappa shape index (κ3) is 4.82. The van der Waals surface area contributed by atoms with Crippen LogP contribution in [-0.2, 0) is 14.9 Å². The fourth-order valence-corrected chi connectivity index (χ4v) is 3.05. The van der Waals surface area contributed by atoms with Crippen LogP contribution < -0.4 is 10.6 Å². The lowest BCUT2D eigenvalue weighted by molar-refractivity contribution is -0.159. The Morgan fingerprint density at radius 1 is 1.12 bits per heavy atom. The predicted molar refractivity (Wildman–Crippen MR) is 105 cm³/mol. The van der Waals surface area contributed by atoms with Crippen molar-refractivity contribution in [3.8, 4) is 0 Å². The van der Waals surface area contributed by atoms with E-state index in [0.29, 0.717) is 10.8 Å². The third-order valence-corrected chi connectivity index (χ3v) is 4.29. The highest BCUT2D eigenvalue weighted by Crippen LogP contribution is 2.33. The van der Waals surface area contributed by atoms with Crippen LogP contribution in [0, 0.1) is 5.92 Å². The zero-order chi connectivity index (χ0) is 19.0. The monoisotopic (exact) mass is 360 g/mol. The van der Waals surface area contributed by atoms with Gasteiger partial charge in [-0.2, -0.15) is 0 Å². The molecular formula is C20H28N2O2S. The summed E-state index contributed by atoms with van der Waals surface area (Å²) in [7, 11) is 0. The molecule has 0 aliphatic carbocycles. The average Bonchev–Trinajstić information content (AvgIpc) is 2.43. The van der Waals surface area contributed by atoms with Crippen molar-refractivity contribution in [3.63, 3.8) is 0 Å². The van der Waals surface area contributed by atoms with E-state index < -0.39 is 11.5 Å². The van der Waals surface area contributed by atoms with Crippen molar-refractivity contribution in [3.05, 3.63) is 47.7 Å². The molecule has 2 atom stereocenters. The number of nitrogens with one attached hydrogen (secondary N) is 2. The summed E-state index contributed by atoms with van der Waals surface area (Å²) in [6, 6.07) is 7.96. The minimum atomic E-state index is -0.560. The van der Waals surface area contributed by atoms with Gasteiger partial charge in [-0.3, -0.25) is 4.79 Å². The summed E-state index contributed by atoms with van der Waals surface area (Å²) >= 11 is 5.26. The van der Waals surface area contributed by atoms with E-state index in [2.05, 4.69) is 50.1 Å². The highest BCUT2D eigenvalue weighted by molar-refractivity contribution is 7.80. The molecule has 4 nitrogen and oxygen atoms in total. The standard InChI is InChI=1S/C20H28N2O2S/c1-12-15(17(23)24-20(5,6)7)16(22-18(25)21-12)13-8-10-14(11-9-13)19(2,3)4/h8-11,15-16H,1H2,2-7H3,(H2,21,22,25)/t15-,16+/m0/s1. The Kier molecular flexibility index (Phi) is 5.28. The maximum absolute atomic E-state index is 12.7. The van der Waals surface area contributed by atoms with Gasteiger partial charge in [-0.05, 0) is 49.5 Å².